The summed E-state index contributed by atoms with van der Waals surface area (Å²) in [6, 6.07) is 4.85. The SMILES string of the molecule is COc1ccc(N)c(NS(=O)(=O)CC(C)(C)C)c1. The summed E-state index contributed by atoms with van der Waals surface area (Å²) in [6.07, 6.45) is 0. The third-order valence-electron chi connectivity index (χ3n) is 2.15. The summed E-state index contributed by atoms with van der Waals surface area (Å²) >= 11 is 0. The fraction of sp³-hybridized carbons (Fsp3) is 0.500. The Morgan fingerprint density at radius 2 is 1.94 bits per heavy atom. The fourth-order valence-corrected chi connectivity index (χ4v) is 3.25. The largest absolute Gasteiger partial charge is 0.497 e. The lowest BCUT2D eigenvalue weighted by Gasteiger charge is -2.19. The molecule has 5 nitrogen and oxygen atoms in total. The topological polar surface area (TPSA) is 81.4 Å². The third-order valence-corrected chi connectivity index (χ3v) is 3.93. The van der Waals surface area contributed by atoms with Crippen LogP contribution in [0.2, 0.25) is 0 Å². The predicted molar refractivity (Wildman–Crippen MR) is 74.3 cm³/mol. The molecule has 0 aliphatic heterocycles. The Hall–Kier alpha value is -1.43. The first-order valence-electron chi connectivity index (χ1n) is 5.57. The maximum atomic E-state index is 12.0. The van der Waals surface area contributed by atoms with Gasteiger partial charge in [-0.3, -0.25) is 4.72 Å². The van der Waals surface area contributed by atoms with E-state index in [-0.39, 0.29) is 11.2 Å². The second kappa shape index (κ2) is 5.06. The van der Waals surface area contributed by atoms with Crippen LogP contribution >= 0.6 is 0 Å². The maximum absolute atomic E-state index is 12.0. The van der Waals surface area contributed by atoms with Crippen LogP contribution in [0.3, 0.4) is 0 Å². The van der Waals surface area contributed by atoms with Gasteiger partial charge >= 0.3 is 0 Å². The molecule has 1 aromatic carbocycles. The van der Waals surface area contributed by atoms with E-state index in [9.17, 15) is 8.42 Å². The van der Waals surface area contributed by atoms with Crippen molar-refractivity contribution in [2.75, 3.05) is 23.3 Å². The van der Waals surface area contributed by atoms with Crippen molar-refractivity contribution in [3.05, 3.63) is 18.2 Å². The summed E-state index contributed by atoms with van der Waals surface area (Å²) in [7, 11) is -1.91. The second-order valence-electron chi connectivity index (χ2n) is 5.37. The van der Waals surface area contributed by atoms with Crippen LogP contribution in [-0.2, 0) is 10.0 Å². The molecule has 1 rings (SSSR count). The van der Waals surface area contributed by atoms with E-state index in [0.717, 1.165) is 0 Å². The highest BCUT2D eigenvalue weighted by molar-refractivity contribution is 7.92. The van der Waals surface area contributed by atoms with E-state index in [2.05, 4.69) is 4.72 Å². The lowest BCUT2D eigenvalue weighted by molar-refractivity contribution is 0.415. The average Bonchev–Trinajstić information content (AvgIpc) is 2.17. The normalized spacial score (nSPS) is 12.2. The Labute approximate surface area is 108 Å². The number of nitrogens with two attached hydrogens (primary N) is 1. The van der Waals surface area contributed by atoms with Crippen LogP contribution in [0.25, 0.3) is 0 Å². The molecule has 0 unspecified atom stereocenters. The average molecular weight is 272 g/mol. The summed E-state index contributed by atoms with van der Waals surface area (Å²) < 4.78 is 31.4. The molecule has 3 N–H and O–H groups in total. The van der Waals surface area contributed by atoms with E-state index in [1.54, 1.807) is 18.2 Å². The smallest absolute Gasteiger partial charge is 0.233 e. The maximum Gasteiger partial charge on any atom is 0.233 e. The van der Waals surface area contributed by atoms with Gasteiger partial charge in [-0.25, -0.2) is 8.42 Å². The van der Waals surface area contributed by atoms with Crippen LogP contribution < -0.4 is 15.2 Å². The molecule has 0 saturated carbocycles. The van der Waals surface area contributed by atoms with E-state index in [0.29, 0.717) is 17.1 Å². The van der Waals surface area contributed by atoms with Gasteiger partial charge in [0.25, 0.3) is 0 Å². The van der Waals surface area contributed by atoms with Crippen LogP contribution in [0.4, 0.5) is 11.4 Å². The third kappa shape index (κ3) is 4.44. The van der Waals surface area contributed by atoms with Gasteiger partial charge in [-0.05, 0) is 17.5 Å². The summed E-state index contributed by atoms with van der Waals surface area (Å²) in [4.78, 5) is 0. The molecule has 0 heterocycles. The predicted octanol–water partition coefficient (Wildman–Crippen LogP) is 2.07. The van der Waals surface area contributed by atoms with E-state index in [1.165, 1.54) is 7.11 Å². The Bertz CT molecular complexity index is 519. The summed E-state index contributed by atoms with van der Waals surface area (Å²) in [6.45, 7) is 5.59. The summed E-state index contributed by atoms with van der Waals surface area (Å²) in [5.41, 5.74) is 6.13. The van der Waals surface area contributed by atoms with Crippen molar-refractivity contribution in [3.8, 4) is 5.75 Å². The number of sulfonamides is 1. The Morgan fingerprint density at radius 1 is 1.33 bits per heavy atom. The van der Waals surface area contributed by atoms with Crippen molar-refractivity contribution in [1.29, 1.82) is 0 Å². The van der Waals surface area contributed by atoms with Crippen molar-refractivity contribution in [3.63, 3.8) is 0 Å². The number of hydrogen-bond acceptors (Lipinski definition) is 4. The van der Waals surface area contributed by atoms with Crippen LogP contribution in [0, 0.1) is 5.41 Å². The highest BCUT2D eigenvalue weighted by atomic mass is 32.2. The zero-order chi connectivity index (χ0) is 14.0. The Morgan fingerprint density at radius 3 is 2.44 bits per heavy atom. The number of benzene rings is 1. The molecule has 1 aromatic rings. The molecule has 6 heteroatoms. The first-order chi connectivity index (χ1) is 8.13. The fourth-order valence-electron chi connectivity index (χ4n) is 1.52. The van der Waals surface area contributed by atoms with Gasteiger partial charge in [0.05, 0.1) is 24.2 Å². The molecular weight excluding hydrogens is 252 g/mol. The molecule has 0 aromatic heterocycles. The van der Waals surface area contributed by atoms with Gasteiger partial charge in [0.2, 0.25) is 10.0 Å². The van der Waals surface area contributed by atoms with Gasteiger partial charge in [0.15, 0.2) is 0 Å². The first kappa shape index (κ1) is 14.6. The number of hydrogen-bond donors (Lipinski definition) is 2. The van der Waals surface area contributed by atoms with Crippen molar-refractivity contribution >= 4 is 21.4 Å². The molecule has 0 aliphatic rings. The van der Waals surface area contributed by atoms with Crippen molar-refractivity contribution in [1.82, 2.24) is 0 Å². The Balaban J connectivity index is 2.97. The molecule has 0 spiro atoms. The number of ether oxygens (including phenoxy) is 1. The van der Waals surface area contributed by atoms with E-state index in [1.807, 2.05) is 20.8 Å². The quantitative estimate of drug-likeness (QED) is 0.822. The summed E-state index contributed by atoms with van der Waals surface area (Å²) in [5, 5.41) is 0. The van der Waals surface area contributed by atoms with Crippen LogP contribution in [0.5, 0.6) is 5.75 Å². The number of rotatable bonds is 4. The minimum Gasteiger partial charge on any atom is -0.497 e. The number of anilines is 2. The number of nitrogens with one attached hydrogen (secondary N) is 1. The molecule has 0 amide bonds. The van der Waals surface area contributed by atoms with Crippen molar-refractivity contribution in [2.24, 2.45) is 5.41 Å². The van der Waals surface area contributed by atoms with Gasteiger partial charge in [-0.15, -0.1) is 0 Å². The minimum atomic E-state index is -3.43. The van der Waals surface area contributed by atoms with Gasteiger partial charge in [-0.2, -0.15) is 0 Å². The Kier molecular flexibility index (Phi) is 4.11. The molecular formula is C12H20N2O3S. The van der Waals surface area contributed by atoms with Crippen LogP contribution in [-0.4, -0.2) is 21.3 Å². The van der Waals surface area contributed by atoms with Gasteiger partial charge in [0.1, 0.15) is 5.75 Å². The molecule has 0 atom stereocenters. The molecule has 0 aliphatic carbocycles. The zero-order valence-corrected chi connectivity index (χ0v) is 12.0. The van der Waals surface area contributed by atoms with Crippen molar-refractivity contribution in [2.45, 2.75) is 20.8 Å². The number of nitrogen functional groups attached to an aromatic ring is 1. The number of methoxy groups -OCH3 is 1. The van der Waals surface area contributed by atoms with E-state index in [4.69, 9.17) is 10.5 Å². The first-order valence-corrected chi connectivity index (χ1v) is 7.22. The van der Waals surface area contributed by atoms with Crippen LogP contribution in [0.1, 0.15) is 20.8 Å². The lowest BCUT2D eigenvalue weighted by atomic mass is 10.0. The highest BCUT2D eigenvalue weighted by Crippen LogP contribution is 2.26. The molecule has 0 bridgehead atoms. The van der Waals surface area contributed by atoms with E-state index >= 15 is 0 Å². The summed E-state index contributed by atoms with van der Waals surface area (Å²) in [5.74, 6) is 0.578. The second-order valence-corrected chi connectivity index (χ2v) is 7.10. The lowest BCUT2D eigenvalue weighted by Crippen LogP contribution is -2.26. The van der Waals surface area contributed by atoms with Gasteiger partial charge in [-0.1, -0.05) is 20.8 Å². The molecule has 0 fully saturated rings. The minimum absolute atomic E-state index is 0.0245. The van der Waals surface area contributed by atoms with E-state index < -0.39 is 10.0 Å². The van der Waals surface area contributed by atoms with Crippen LogP contribution in [0.15, 0.2) is 18.2 Å². The molecule has 0 saturated heterocycles. The van der Waals surface area contributed by atoms with Gasteiger partial charge in [0, 0.05) is 6.07 Å². The van der Waals surface area contributed by atoms with Gasteiger partial charge < -0.3 is 10.5 Å². The van der Waals surface area contributed by atoms with Crippen molar-refractivity contribution < 1.29 is 13.2 Å². The molecule has 102 valence electrons. The highest BCUT2D eigenvalue weighted by Gasteiger charge is 2.22. The zero-order valence-electron chi connectivity index (χ0n) is 11.1. The molecule has 0 radical (unpaired) electrons. The standard InChI is InChI=1S/C12H20N2O3S/c1-12(2,3)8-18(15,16)14-11-7-9(17-4)5-6-10(11)13/h5-7,14H,8,13H2,1-4H3. The monoisotopic (exact) mass is 272 g/mol. The molecule has 18 heavy (non-hydrogen) atoms.